The van der Waals surface area contributed by atoms with E-state index in [0.717, 1.165) is 18.0 Å². The number of nitrogens with two attached hydrogens (primary N) is 1. The number of anilines is 1. The van der Waals surface area contributed by atoms with Crippen LogP contribution < -0.4 is 15.4 Å². The molecule has 5 heteroatoms. The summed E-state index contributed by atoms with van der Waals surface area (Å²) in [6.45, 7) is 4.76. The molecule has 0 aromatic carbocycles. The molecule has 0 aliphatic heterocycles. The fraction of sp³-hybridized carbons (Fsp3) is 0.538. The maximum absolute atomic E-state index is 7.34. The molecule has 1 unspecified atom stereocenters. The Morgan fingerprint density at radius 3 is 2.94 bits per heavy atom. The largest absolute Gasteiger partial charge is 0.490 e. The molecule has 0 saturated heterocycles. The third-order valence-electron chi connectivity index (χ3n) is 2.72. The van der Waals surface area contributed by atoms with Crippen molar-refractivity contribution < 1.29 is 4.74 Å². The monoisotopic (exact) mass is 250 g/mol. The summed E-state index contributed by atoms with van der Waals surface area (Å²) in [6, 6.07) is 3.88. The van der Waals surface area contributed by atoms with Crippen LogP contribution in [0.2, 0.25) is 0 Å². The zero-order valence-corrected chi connectivity index (χ0v) is 11.3. The number of pyridine rings is 1. The minimum Gasteiger partial charge on any atom is -0.490 e. The van der Waals surface area contributed by atoms with Crippen LogP contribution in [0.25, 0.3) is 0 Å². The Hall–Kier alpha value is -1.78. The van der Waals surface area contributed by atoms with Gasteiger partial charge in [-0.25, -0.2) is 4.98 Å². The zero-order chi connectivity index (χ0) is 13.5. The molecule has 0 spiro atoms. The molecular weight excluding hydrogens is 228 g/mol. The highest BCUT2D eigenvalue weighted by molar-refractivity contribution is 5.78. The first-order valence-electron chi connectivity index (χ1n) is 6.19. The van der Waals surface area contributed by atoms with E-state index in [1.54, 1.807) is 6.20 Å². The Bertz CT molecular complexity index is 394. The highest BCUT2D eigenvalue weighted by atomic mass is 16.5. The number of rotatable bonds is 7. The molecule has 3 N–H and O–H groups in total. The van der Waals surface area contributed by atoms with Crippen molar-refractivity contribution in [2.75, 3.05) is 18.6 Å². The van der Waals surface area contributed by atoms with E-state index in [2.05, 4.69) is 11.9 Å². The van der Waals surface area contributed by atoms with Crippen molar-refractivity contribution in [1.29, 1.82) is 5.41 Å². The average Bonchev–Trinajstić information content (AvgIpc) is 2.35. The van der Waals surface area contributed by atoms with E-state index < -0.39 is 0 Å². The van der Waals surface area contributed by atoms with Gasteiger partial charge in [-0.05, 0) is 25.5 Å². The highest BCUT2D eigenvalue weighted by Crippen LogP contribution is 2.26. The molecule has 0 bridgehead atoms. The smallest absolute Gasteiger partial charge is 0.171 e. The second-order valence-electron chi connectivity index (χ2n) is 4.36. The van der Waals surface area contributed by atoms with Crippen molar-refractivity contribution in [3.63, 3.8) is 0 Å². The number of hydrogen-bond donors (Lipinski definition) is 2. The van der Waals surface area contributed by atoms with Crippen molar-refractivity contribution in [2.24, 2.45) is 5.73 Å². The lowest BCUT2D eigenvalue weighted by atomic mass is 10.2. The van der Waals surface area contributed by atoms with Crippen LogP contribution in [0.15, 0.2) is 18.3 Å². The summed E-state index contributed by atoms with van der Waals surface area (Å²) in [5, 5.41) is 7.34. The van der Waals surface area contributed by atoms with Gasteiger partial charge in [0, 0.05) is 25.7 Å². The SMILES string of the molecule is CCCOc1cccnc1N(C)C(C)CC(=N)N. The van der Waals surface area contributed by atoms with Gasteiger partial charge in [-0.1, -0.05) is 6.92 Å². The molecule has 1 aromatic heterocycles. The minimum atomic E-state index is 0.112. The number of amidine groups is 1. The van der Waals surface area contributed by atoms with Gasteiger partial charge in [0.25, 0.3) is 0 Å². The second kappa shape index (κ2) is 6.83. The quantitative estimate of drug-likeness (QED) is 0.573. The predicted octanol–water partition coefficient (Wildman–Crippen LogP) is 2.02. The Morgan fingerprint density at radius 1 is 1.61 bits per heavy atom. The molecule has 100 valence electrons. The second-order valence-corrected chi connectivity index (χ2v) is 4.36. The maximum Gasteiger partial charge on any atom is 0.171 e. The molecule has 0 aliphatic carbocycles. The Morgan fingerprint density at radius 2 is 2.33 bits per heavy atom. The van der Waals surface area contributed by atoms with Crippen LogP contribution in [0.4, 0.5) is 5.82 Å². The lowest BCUT2D eigenvalue weighted by Crippen LogP contribution is -2.33. The summed E-state index contributed by atoms with van der Waals surface area (Å²) in [6.07, 6.45) is 3.21. The Balaban J connectivity index is 2.83. The summed E-state index contributed by atoms with van der Waals surface area (Å²) in [7, 11) is 1.94. The van der Waals surface area contributed by atoms with Crippen molar-refractivity contribution >= 4 is 11.7 Å². The Labute approximate surface area is 108 Å². The van der Waals surface area contributed by atoms with Crippen molar-refractivity contribution in [3.8, 4) is 5.75 Å². The van der Waals surface area contributed by atoms with E-state index in [1.807, 2.05) is 31.0 Å². The molecule has 5 nitrogen and oxygen atoms in total. The maximum atomic E-state index is 7.34. The molecule has 0 saturated carbocycles. The van der Waals surface area contributed by atoms with Crippen LogP contribution >= 0.6 is 0 Å². The topological polar surface area (TPSA) is 75.2 Å². The van der Waals surface area contributed by atoms with E-state index in [0.29, 0.717) is 13.0 Å². The van der Waals surface area contributed by atoms with Crippen molar-refractivity contribution in [2.45, 2.75) is 32.7 Å². The van der Waals surface area contributed by atoms with Gasteiger partial charge < -0.3 is 15.4 Å². The molecule has 0 fully saturated rings. The molecule has 0 amide bonds. The van der Waals surface area contributed by atoms with Crippen molar-refractivity contribution in [1.82, 2.24) is 4.98 Å². The van der Waals surface area contributed by atoms with Crippen LogP contribution in [0.1, 0.15) is 26.7 Å². The summed E-state index contributed by atoms with van der Waals surface area (Å²) < 4.78 is 5.67. The first-order chi connectivity index (χ1) is 8.56. The number of nitrogens with one attached hydrogen (secondary N) is 1. The van der Waals surface area contributed by atoms with E-state index in [-0.39, 0.29) is 11.9 Å². The first-order valence-corrected chi connectivity index (χ1v) is 6.19. The van der Waals surface area contributed by atoms with Gasteiger partial charge in [-0.15, -0.1) is 0 Å². The van der Waals surface area contributed by atoms with Crippen LogP contribution in [0, 0.1) is 5.41 Å². The molecule has 1 heterocycles. The van der Waals surface area contributed by atoms with Crippen LogP contribution in [0.3, 0.4) is 0 Å². The normalized spacial score (nSPS) is 11.9. The molecule has 1 rings (SSSR count). The van der Waals surface area contributed by atoms with Gasteiger partial charge in [-0.2, -0.15) is 0 Å². The fourth-order valence-corrected chi connectivity index (χ4v) is 1.64. The molecule has 1 atom stereocenters. The van der Waals surface area contributed by atoms with Crippen LogP contribution in [0.5, 0.6) is 5.75 Å². The van der Waals surface area contributed by atoms with Gasteiger partial charge >= 0.3 is 0 Å². The third-order valence-corrected chi connectivity index (χ3v) is 2.72. The number of nitrogens with zero attached hydrogens (tertiary/aromatic N) is 2. The highest BCUT2D eigenvalue weighted by Gasteiger charge is 2.16. The molecule has 18 heavy (non-hydrogen) atoms. The summed E-state index contributed by atoms with van der Waals surface area (Å²) in [4.78, 5) is 6.34. The van der Waals surface area contributed by atoms with Gasteiger partial charge in [-0.3, -0.25) is 5.41 Å². The number of ether oxygens (including phenoxy) is 1. The van der Waals surface area contributed by atoms with Crippen molar-refractivity contribution in [3.05, 3.63) is 18.3 Å². The summed E-state index contributed by atoms with van der Waals surface area (Å²) >= 11 is 0. The molecule has 0 aliphatic rings. The molecule has 1 aromatic rings. The third kappa shape index (κ3) is 3.91. The summed E-state index contributed by atoms with van der Waals surface area (Å²) in [5.74, 6) is 1.75. The van der Waals surface area contributed by atoms with Crippen LogP contribution in [-0.2, 0) is 0 Å². The average molecular weight is 250 g/mol. The van der Waals surface area contributed by atoms with Gasteiger partial charge in [0.1, 0.15) is 0 Å². The lowest BCUT2D eigenvalue weighted by Gasteiger charge is -2.27. The van der Waals surface area contributed by atoms with E-state index in [4.69, 9.17) is 15.9 Å². The molecule has 0 radical (unpaired) electrons. The lowest BCUT2D eigenvalue weighted by molar-refractivity contribution is 0.316. The number of hydrogen-bond acceptors (Lipinski definition) is 4. The summed E-state index contributed by atoms with van der Waals surface area (Å²) in [5.41, 5.74) is 5.43. The number of aromatic nitrogens is 1. The van der Waals surface area contributed by atoms with E-state index >= 15 is 0 Å². The predicted molar refractivity (Wildman–Crippen MR) is 74.4 cm³/mol. The first kappa shape index (κ1) is 14.3. The standard InChI is InChI=1S/C13H22N4O/c1-4-8-18-11-6-5-7-16-13(11)17(3)10(2)9-12(14)15/h5-7,10H,4,8-9H2,1-3H3,(H3,14,15). The van der Waals surface area contributed by atoms with E-state index in [9.17, 15) is 0 Å². The molecular formula is C13H22N4O. The van der Waals surface area contributed by atoms with Crippen LogP contribution in [-0.4, -0.2) is 30.5 Å². The van der Waals surface area contributed by atoms with Gasteiger partial charge in [0.15, 0.2) is 11.6 Å². The zero-order valence-electron chi connectivity index (χ0n) is 11.3. The van der Waals surface area contributed by atoms with E-state index in [1.165, 1.54) is 0 Å². The van der Waals surface area contributed by atoms with Gasteiger partial charge in [0.2, 0.25) is 0 Å². The minimum absolute atomic E-state index is 0.112. The Kier molecular flexibility index (Phi) is 5.42. The fourth-order valence-electron chi connectivity index (χ4n) is 1.64. The van der Waals surface area contributed by atoms with Gasteiger partial charge in [0.05, 0.1) is 12.4 Å².